The minimum atomic E-state index is 0.185. The average Bonchev–Trinajstić information content (AvgIpc) is 3.56. The molecule has 3 aliphatic rings. The first-order valence-electron chi connectivity index (χ1n) is 9.56. The number of nitrogens with zero attached hydrogens (tertiary/aromatic N) is 3. The standard InChI is InChI=1S/C20H23N3O2/c24-20(23(17-11-12-17)16-3-1-2-4-16)15-9-7-14(8-10-15)19-21-18(22-25-19)13-5-6-13/h7-10,13,16-17H,1-6,11-12H2. The van der Waals surface area contributed by atoms with E-state index in [9.17, 15) is 4.79 Å². The van der Waals surface area contributed by atoms with Gasteiger partial charge in [0.1, 0.15) is 0 Å². The van der Waals surface area contributed by atoms with Gasteiger partial charge in [-0.15, -0.1) is 0 Å². The molecule has 5 nitrogen and oxygen atoms in total. The lowest BCUT2D eigenvalue weighted by atomic mass is 10.1. The van der Waals surface area contributed by atoms with Crippen LogP contribution >= 0.6 is 0 Å². The maximum atomic E-state index is 13.0. The van der Waals surface area contributed by atoms with Crippen molar-refractivity contribution in [2.45, 2.75) is 69.4 Å². The topological polar surface area (TPSA) is 59.2 Å². The van der Waals surface area contributed by atoms with Crippen molar-refractivity contribution < 1.29 is 9.32 Å². The number of carbonyl (C=O) groups is 1. The van der Waals surface area contributed by atoms with E-state index in [0.29, 0.717) is 23.9 Å². The van der Waals surface area contributed by atoms with Gasteiger partial charge in [-0.2, -0.15) is 4.98 Å². The molecule has 3 aliphatic carbocycles. The van der Waals surface area contributed by atoms with Crippen molar-refractivity contribution >= 4 is 5.91 Å². The van der Waals surface area contributed by atoms with Crippen molar-refractivity contribution in [3.8, 4) is 11.5 Å². The van der Waals surface area contributed by atoms with Gasteiger partial charge in [-0.1, -0.05) is 18.0 Å². The van der Waals surface area contributed by atoms with Crippen LogP contribution in [0.25, 0.3) is 11.5 Å². The van der Waals surface area contributed by atoms with Gasteiger partial charge in [0.05, 0.1) is 0 Å². The molecule has 1 amide bonds. The Balaban J connectivity index is 1.35. The lowest BCUT2D eigenvalue weighted by Gasteiger charge is -2.29. The molecule has 25 heavy (non-hydrogen) atoms. The van der Waals surface area contributed by atoms with E-state index in [4.69, 9.17) is 4.52 Å². The molecular formula is C20H23N3O2. The number of hydrogen-bond acceptors (Lipinski definition) is 4. The monoisotopic (exact) mass is 337 g/mol. The first-order chi connectivity index (χ1) is 12.3. The number of carbonyl (C=O) groups excluding carboxylic acids is 1. The van der Waals surface area contributed by atoms with Gasteiger partial charge >= 0.3 is 0 Å². The predicted molar refractivity (Wildman–Crippen MR) is 93.2 cm³/mol. The Morgan fingerprint density at radius 1 is 0.960 bits per heavy atom. The molecule has 1 aromatic heterocycles. The van der Waals surface area contributed by atoms with Gasteiger partial charge in [0.2, 0.25) is 0 Å². The predicted octanol–water partition coefficient (Wildman–Crippen LogP) is 4.16. The van der Waals surface area contributed by atoms with Gasteiger partial charge in [0, 0.05) is 29.1 Å². The van der Waals surface area contributed by atoms with Crippen LogP contribution in [0.1, 0.15) is 73.5 Å². The summed E-state index contributed by atoms with van der Waals surface area (Å²) in [6.45, 7) is 0. The largest absolute Gasteiger partial charge is 0.334 e. The maximum absolute atomic E-state index is 13.0. The van der Waals surface area contributed by atoms with E-state index in [2.05, 4.69) is 15.0 Å². The zero-order valence-corrected chi connectivity index (χ0v) is 14.4. The van der Waals surface area contributed by atoms with E-state index in [0.717, 1.165) is 55.5 Å². The first-order valence-corrected chi connectivity index (χ1v) is 9.56. The normalized spacial score (nSPS) is 20.8. The van der Waals surface area contributed by atoms with Crippen molar-refractivity contribution in [2.24, 2.45) is 0 Å². The van der Waals surface area contributed by atoms with E-state index in [-0.39, 0.29) is 5.91 Å². The van der Waals surface area contributed by atoms with Crippen LogP contribution in [0.15, 0.2) is 28.8 Å². The molecule has 0 radical (unpaired) electrons. The van der Waals surface area contributed by atoms with E-state index in [1.54, 1.807) is 0 Å². The molecule has 0 N–H and O–H groups in total. The lowest BCUT2D eigenvalue weighted by Crippen LogP contribution is -2.40. The van der Waals surface area contributed by atoms with Gasteiger partial charge in [-0.25, -0.2) is 0 Å². The van der Waals surface area contributed by atoms with Crippen molar-refractivity contribution in [3.63, 3.8) is 0 Å². The van der Waals surface area contributed by atoms with Gasteiger partial charge in [0.25, 0.3) is 11.8 Å². The second-order valence-corrected chi connectivity index (χ2v) is 7.69. The van der Waals surface area contributed by atoms with Gasteiger partial charge in [0.15, 0.2) is 5.82 Å². The second kappa shape index (κ2) is 5.97. The van der Waals surface area contributed by atoms with E-state index in [1.807, 2.05) is 24.3 Å². The second-order valence-electron chi connectivity index (χ2n) is 7.69. The van der Waals surface area contributed by atoms with Crippen LogP contribution in [-0.4, -0.2) is 33.0 Å². The summed E-state index contributed by atoms with van der Waals surface area (Å²) in [5.41, 5.74) is 1.65. The highest BCUT2D eigenvalue weighted by atomic mass is 16.5. The molecule has 0 spiro atoms. The maximum Gasteiger partial charge on any atom is 0.257 e. The number of benzene rings is 1. The summed E-state index contributed by atoms with van der Waals surface area (Å²) in [6, 6.07) is 8.57. The third-order valence-electron chi connectivity index (χ3n) is 5.66. The van der Waals surface area contributed by atoms with Crippen LogP contribution in [0.5, 0.6) is 0 Å². The van der Waals surface area contributed by atoms with Crippen molar-refractivity contribution in [3.05, 3.63) is 35.7 Å². The Bertz CT molecular complexity index is 768. The molecule has 0 saturated heterocycles. The lowest BCUT2D eigenvalue weighted by molar-refractivity contribution is 0.0664. The molecule has 1 heterocycles. The van der Waals surface area contributed by atoms with Crippen molar-refractivity contribution in [2.75, 3.05) is 0 Å². The molecule has 0 atom stereocenters. The molecule has 3 saturated carbocycles. The Hall–Kier alpha value is -2.17. The quantitative estimate of drug-likeness (QED) is 0.822. The zero-order valence-electron chi connectivity index (χ0n) is 14.4. The molecule has 130 valence electrons. The number of hydrogen-bond donors (Lipinski definition) is 0. The Labute approximate surface area is 147 Å². The smallest absolute Gasteiger partial charge is 0.257 e. The highest BCUT2D eigenvalue weighted by Crippen LogP contribution is 2.39. The molecule has 0 bridgehead atoms. The van der Waals surface area contributed by atoms with Gasteiger partial charge in [-0.3, -0.25) is 4.79 Å². The third-order valence-corrected chi connectivity index (χ3v) is 5.66. The third kappa shape index (κ3) is 2.96. The summed E-state index contributed by atoms with van der Waals surface area (Å²) < 4.78 is 5.37. The average molecular weight is 337 g/mol. The summed E-state index contributed by atoms with van der Waals surface area (Å²) >= 11 is 0. The molecular weight excluding hydrogens is 314 g/mol. The minimum absolute atomic E-state index is 0.185. The fourth-order valence-electron chi connectivity index (χ4n) is 3.93. The van der Waals surface area contributed by atoms with Crippen molar-refractivity contribution in [1.29, 1.82) is 0 Å². The molecule has 5 rings (SSSR count). The van der Waals surface area contributed by atoms with E-state index < -0.39 is 0 Å². The van der Waals surface area contributed by atoms with Gasteiger partial charge in [-0.05, 0) is 62.8 Å². The summed E-state index contributed by atoms with van der Waals surface area (Å²) in [5, 5.41) is 4.06. The van der Waals surface area contributed by atoms with Crippen molar-refractivity contribution in [1.82, 2.24) is 15.0 Å². The van der Waals surface area contributed by atoms with Crippen LogP contribution in [0.3, 0.4) is 0 Å². The van der Waals surface area contributed by atoms with Crippen LogP contribution < -0.4 is 0 Å². The summed E-state index contributed by atoms with van der Waals surface area (Å²) in [4.78, 5) is 19.7. The molecule has 2 aromatic rings. The van der Waals surface area contributed by atoms with E-state index in [1.165, 1.54) is 12.8 Å². The molecule has 0 unspecified atom stereocenters. The number of rotatable bonds is 5. The fourth-order valence-corrected chi connectivity index (χ4v) is 3.93. The van der Waals surface area contributed by atoms with Crippen LogP contribution in [-0.2, 0) is 0 Å². The molecule has 0 aliphatic heterocycles. The van der Waals surface area contributed by atoms with E-state index >= 15 is 0 Å². The van der Waals surface area contributed by atoms with Gasteiger partial charge < -0.3 is 9.42 Å². The fraction of sp³-hybridized carbons (Fsp3) is 0.550. The van der Waals surface area contributed by atoms with Crippen LogP contribution in [0.2, 0.25) is 0 Å². The summed E-state index contributed by atoms with van der Waals surface area (Å²) in [6.07, 6.45) is 9.45. The summed E-state index contributed by atoms with van der Waals surface area (Å²) in [7, 11) is 0. The number of amides is 1. The Morgan fingerprint density at radius 2 is 1.64 bits per heavy atom. The van der Waals surface area contributed by atoms with Crippen LogP contribution in [0.4, 0.5) is 0 Å². The molecule has 3 fully saturated rings. The summed E-state index contributed by atoms with van der Waals surface area (Å²) in [5.74, 6) is 2.04. The molecule has 5 heteroatoms. The minimum Gasteiger partial charge on any atom is -0.334 e. The zero-order chi connectivity index (χ0) is 16.8. The van der Waals surface area contributed by atoms with Crippen LogP contribution in [0, 0.1) is 0 Å². The highest BCUT2D eigenvalue weighted by Gasteiger charge is 2.38. The number of aromatic nitrogens is 2. The molecule has 1 aromatic carbocycles. The SMILES string of the molecule is O=C(c1ccc(-c2nc(C3CC3)no2)cc1)N(C1CCCC1)C1CC1. The Kier molecular flexibility index (Phi) is 3.61. The Morgan fingerprint density at radius 3 is 2.28 bits per heavy atom. The first kappa shape index (κ1) is 15.1. The highest BCUT2D eigenvalue weighted by molar-refractivity contribution is 5.95.